The summed E-state index contributed by atoms with van der Waals surface area (Å²) in [5.41, 5.74) is -2.85. The van der Waals surface area contributed by atoms with Gasteiger partial charge in [0, 0.05) is 37.8 Å². The molecule has 4 nitrogen and oxygen atoms in total. The summed E-state index contributed by atoms with van der Waals surface area (Å²) in [5, 5.41) is 0. The molecule has 0 radical (unpaired) electrons. The molecule has 0 aromatic heterocycles. The Hall–Kier alpha value is -1.36. The Morgan fingerprint density at radius 1 is 1.03 bits per heavy atom. The van der Waals surface area contributed by atoms with Crippen LogP contribution in [0, 0.1) is 5.92 Å². The van der Waals surface area contributed by atoms with Crippen molar-refractivity contribution in [1.82, 2.24) is 9.80 Å². The minimum Gasteiger partial charge on any atom is -0.381 e. The predicted molar refractivity (Wildman–Crippen MR) is 114 cm³/mol. The summed E-state index contributed by atoms with van der Waals surface area (Å²) < 4.78 is 91.3. The SMILES string of the molecule is CCN(C)C1CCOCC1C(C)N(C)C(C)C(OC)c1cc(C(F)(F)F)cc(C(F)(F)F)c1. The van der Waals surface area contributed by atoms with E-state index in [4.69, 9.17) is 9.47 Å². The van der Waals surface area contributed by atoms with Crippen LogP contribution in [0.1, 0.15) is 50.0 Å². The first-order valence-electron chi connectivity index (χ1n) is 11.0. The molecule has 5 atom stereocenters. The molecule has 1 fully saturated rings. The molecule has 33 heavy (non-hydrogen) atoms. The normalized spacial score (nSPS) is 23.1. The second kappa shape index (κ2) is 10.9. The van der Waals surface area contributed by atoms with Crippen molar-refractivity contribution >= 4 is 0 Å². The molecular formula is C23H34F6N2O2. The van der Waals surface area contributed by atoms with Gasteiger partial charge in [0.15, 0.2) is 0 Å². The molecule has 2 rings (SSSR count). The van der Waals surface area contributed by atoms with Crippen molar-refractivity contribution in [3.05, 3.63) is 34.9 Å². The third-order valence-corrected chi connectivity index (χ3v) is 6.96. The van der Waals surface area contributed by atoms with Crippen LogP contribution in [0.25, 0.3) is 0 Å². The van der Waals surface area contributed by atoms with Crippen molar-refractivity contribution in [2.75, 3.05) is 41.0 Å². The van der Waals surface area contributed by atoms with Gasteiger partial charge in [0.2, 0.25) is 0 Å². The van der Waals surface area contributed by atoms with Crippen LogP contribution in [-0.4, -0.2) is 68.9 Å². The molecule has 1 aromatic rings. The van der Waals surface area contributed by atoms with Gasteiger partial charge in [-0.15, -0.1) is 0 Å². The quantitative estimate of drug-likeness (QED) is 0.457. The Bertz CT molecular complexity index is 738. The van der Waals surface area contributed by atoms with E-state index < -0.39 is 35.6 Å². The molecule has 1 aliphatic rings. The summed E-state index contributed by atoms with van der Waals surface area (Å²) in [6, 6.07) is 1.34. The first kappa shape index (κ1) is 27.9. The largest absolute Gasteiger partial charge is 0.416 e. The number of halogens is 6. The fourth-order valence-electron chi connectivity index (χ4n) is 4.63. The summed E-state index contributed by atoms with van der Waals surface area (Å²) >= 11 is 0. The second-order valence-electron chi connectivity index (χ2n) is 8.81. The van der Waals surface area contributed by atoms with Gasteiger partial charge in [-0.25, -0.2) is 0 Å². The van der Waals surface area contributed by atoms with Gasteiger partial charge < -0.3 is 14.4 Å². The van der Waals surface area contributed by atoms with Crippen molar-refractivity contribution < 1.29 is 35.8 Å². The maximum Gasteiger partial charge on any atom is 0.416 e. The average Bonchev–Trinajstić information content (AvgIpc) is 2.76. The minimum atomic E-state index is -4.91. The van der Waals surface area contributed by atoms with Crippen LogP contribution in [0.3, 0.4) is 0 Å². The van der Waals surface area contributed by atoms with Gasteiger partial charge >= 0.3 is 12.4 Å². The van der Waals surface area contributed by atoms with E-state index >= 15 is 0 Å². The first-order valence-corrected chi connectivity index (χ1v) is 11.0. The number of benzene rings is 1. The average molecular weight is 485 g/mol. The third kappa shape index (κ3) is 6.61. The van der Waals surface area contributed by atoms with Crippen LogP contribution in [0.15, 0.2) is 18.2 Å². The Morgan fingerprint density at radius 3 is 2.03 bits per heavy atom. The molecule has 0 aliphatic carbocycles. The summed E-state index contributed by atoms with van der Waals surface area (Å²) in [4.78, 5) is 4.20. The van der Waals surface area contributed by atoms with Gasteiger partial charge in [-0.2, -0.15) is 26.3 Å². The summed E-state index contributed by atoms with van der Waals surface area (Å²) in [6.45, 7) is 7.87. The van der Waals surface area contributed by atoms with Gasteiger partial charge in [-0.05, 0) is 64.7 Å². The fraction of sp³-hybridized carbons (Fsp3) is 0.739. The molecule has 10 heteroatoms. The Morgan fingerprint density at radius 2 is 1.58 bits per heavy atom. The zero-order chi connectivity index (χ0) is 25.1. The number of alkyl halides is 6. The van der Waals surface area contributed by atoms with E-state index in [1.54, 1.807) is 6.92 Å². The molecular weight excluding hydrogens is 450 g/mol. The van der Waals surface area contributed by atoms with Crippen LogP contribution < -0.4 is 0 Å². The van der Waals surface area contributed by atoms with Crippen molar-refractivity contribution in [2.45, 2.75) is 63.8 Å². The molecule has 0 spiro atoms. The van der Waals surface area contributed by atoms with E-state index in [0.29, 0.717) is 13.2 Å². The van der Waals surface area contributed by atoms with Crippen molar-refractivity contribution in [1.29, 1.82) is 0 Å². The highest BCUT2D eigenvalue weighted by atomic mass is 19.4. The summed E-state index contributed by atoms with van der Waals surface area (Å²) in [6.07, 6.45) is -9.95. The zero-order valence-electron chi connectivity index (χ0n) is 19.9. The van der Waals surface area contributed by atoms with Crippen molar-refractivity contribution in [3.8, 4) is 0 Å². The number of hydrogen-bond acceptors (Lipinski definition) is 4. The first-order chi connectivity index (χ1) is 15.2. The number of methoxy groups -OCH3 is 1. The molecule has 0 N–H and O–H groups in total. The van der Waals surface area contributed by atoms with E-state index in [0.717, 1.165) is 25.1 Å². The van der Waals surface area contributed by atoms with E-state index in [1.165, 1.54) is 7.11 Å². The molecule has 5 unspecified atom stereocenters. The zero-order valence-corrected chi connectivity index (χ0v) is 19.9. The smallest absolute Gasteiger partial charge is 0.381 e. The standard InChI is InChI=1S/C23H34F6N2O2/c1-7-30(4)20-8-9-33-13-19(20)14(2)31(5)15(3)21(32-6)16-10-17(22(24,25)26)12-18(11-16)23(27,28)29/h10-12,14-15,19-21H,7-9,13H2,1-6H3. The molecule has 0 bridgehead atoms. The van der Waals surface area contributed by atoms with E-state index in [9.17, 15) is 26.3 Å². The molecule has 0 saturated carbocycles. The Kier molecular flexibility index (Phi) is 9.23. The lowest BCUT2D eigenvalue weighted by Crippen LogP contribution is -2.54. The lowest BCUT2D eigenvalue weighted by molar-refractivity contribution is -0.143. The molecule has 0 amide bonds. The van der Waals surface area contributed by atoms with Crippen LogP contribution >= 0.6 is 0 Å². The molecule has 1 aromatic carbocycles. The van der Waals surface area contributed by atoms with Crippen LogP contribution in [0.5, 0.6) is 0 Å². The maximum atomic E-state index is 13.3. The lowest BCUT2D eigenvalue weighted by atomic mass is 9.86. The maximum absolute atomic E-state index is 13.3. The van der Waals surface area contributed by atoms with Gasteiger partial charge in [-0.1, -0.05) is 6.92 Å². The summed E-state index contributed by atoms with van der Waals surface area (Å²) in [5.74, 6) is 0.126. The Balaban J connectivity index is 2.37. The van der Waals surface area contributed by atoms with E-state index in [2.05, 4.69) is 11.8 Å². The van der Waals surface area contributed by atoms with E-state index in [1.807, 2.05) is 25.9 Å². The summed E-state index contributed by atoms with van der Waals surface area (Å²) in [7, 11) is 5.15. The Labute approximate surface area is 191 Å². The fourth-order valence-corrected chi connectivity index (χ4v) is 4.63. The lowest BCUT2D eigenvalue weighted by Gasteiger charge is -2.45. The number of likely N-dealkylation sites (N-methyl/N-ethyl adjacent to an activating group) is 1. The molecule has 1 aliphatic heterocycles. The number of ether oxygens (including phenoxy) is 2. The highest BCUT2D eigenvalue weighted by Crippen LogP contribution is 2.39. The van der Waals surface area contributed by atoms with Gasteiger partial charge in [0.25, 0.3) is 0 Å². The van der Waals surface area contributed by atoms with Gasteiger partial charge in [0.05, 0.1) is 23.8 Å². The highest BCUT2D eigenvalue weighted by molar-refractivity contribution is 5.35. The van der Waals surface area contributed by atoms with Crippen molar-refractivity contribution in [2.24, 2.45) is 5.92 Å². The van der Waals surface area contributed by atoms with Crippen LogP contribution in [-0.2, 0) is 21.8 Å². The molecule has 1 heterocycles. The molecule has 1 saturated heterocycles. The number of rotatable bonds is 8. The minimum absolute atomic E-state index is 0.0511. The van der Waals surface area contributed by atoms with Gasteiger partial charge in [-0.3, -0.25) is 4.90 Å². The highest BCUT2D eigenvalue weighted by Gasteiger charge is 2.40. The predicted octanol–water partition coefficient (Wildman–Crippen LogP) is 5.48. The second-order valence-corrected chi connectivity index (χ2v) is 8.81. The number of hydrogen-bond donors (Lipinski definition) is 0. The topological polar surface area (TPSA) is 24.9 Å². The van der Waals surface area contributed by atoms with E-state index in [-0.39, 0.29) is 29.6 Å². The van der Waals surface area contributed by atoms with Crippen LogP contribution in [0.4, 0.5) is 26.3 Å². The monoisotopic (exact) mass is 484 g/mol. The van der Waals surface area contributed by atoms with Crippen LogP contribution in [0.2, 0.25) is 0 Å². The van der Waals surface area contributed by atoms with Gasteiger partial charge in [0.1, 0.15) is 0 Å². The number of nitrogens with zero attached hydrogens (tertiary/aromatic N) is 2. The van der Waals surface area contributed by atoms with Crippen molar-refractivity contribution in [3.63, 3.8) is 0 Å². The molecule has 190 valence electrons. The third-order valence-electron chi connectivity index (χ3n) is 6.96.